The van der Waals surface area contributed by atoms with Crippen LogP contribution >= 0.6 is 0 Å². The molecule has 0 aromatic carbocycles. The van der Waals surface area contributed by atoms with E-state index in [1.165, 1.54) is 4.90 Å². The van der Waals surface area contributed by atoms with E-state index in [1.54, 1.807) is 32.1 Å². The summed E-state index contributed by atoms with van der Waals surface area (Å²) in [5.74, 6) is 0.796. The molecule has 1 aromatic heterocycles. The number of carbonyl (C=O) groups excluding carboxylic acids is 1. The summed E-state index contributed by atoms with van der Waals surface area (Å²) >= 11 is 0. The second-order valence-corrected chi connectivity index (χ2v) is 3.81. The van der Waals surface area contributed by atoms with E-state index < -0.39 is 6.09 Å². The smallest absolute Gasteiger partial charge is 0.391 e. The Kier molecular flexibility index (Phi) is 3.65. The molecule has 1 heterocycles. The molecule has 0 saturated heterocycles. The van der Waals surface area contributed by atoms with E-state index in [2.05, 4.69) is 9.97 Å². The molecule has 0 unspecified atom stereocenters. The van der Waals surface area contributed by atoms with Gasteiger partial charge in [-0.3, -0.25) is 0 Å². The van der Waals surface area contributed by atoms with Crippen LogP contribution in [0, 0.1) is 6.92 Å². The SMILES string of the molecule is Cc1cnc(N(C)C)nc1OC(=O)N(C)C. The average molecular weight is 224 g/mol. The maximum atomic E-state index is 11.4. The van der Waals surface area contributed by atoms with Crippen molar-refractivity contribution < 1.29 is 9.53 Å². The minimum atomic E-state index is -0.452. The lowest BCUT2D eigenvalue weighted by atomic mass is 10.4. The lowest BCUT2D eigenvalue weighted by molar-refractivity contribution is 0.169. The Morgan fingerprint density at radius 3 is 2.44 bits per heavy atom. The number of hydrogen-bond donors (Lipinski definition) is 0. The third kappa shape index (κ3) is 2.82. The van der Waals surface area contributed by atoms with Crippen LogP contribution in [0.15, 0.2) is 6.20 Å². The first-order valence-electron chi connectivity index (χ1n) is 4.82. The van der Waals surface area contributed by atoms with Crippen LogP contribution in [0.25, 0.3) is 0 Å². The molecular formula is C10H16N4O2. The van der Waals surface area contributed by atoms with Gasteiger partial charge in [-0.1, -0.05) is 0 Å². The zero-order valence-electron chi connectivity index (χ0n) is 10.2. The minimum Gasteiger partial charge on any atom is -0.391 e. The summed E-state index contributed by atoms with van der Waals surface area (Å²) in [5, 5.41) is 0. The quantitative estimate of drug-likeness (QED) is 0.747. The molecule has 0 aliphatic heterocycles. The summed E-state index contributed by atoms with van der Waals surface area (Å²) < 4.78 is 5.11. The van der Waals surface area contributed by atoms with Crippen molar-refractivity contribution in [3.63, 3.8) is 0 Å². The van der Waals surface area contributed by atoms with Gasteiger partial charge in [-0.2, -0.15) is 4.98 Å². The van der Waals surface area contributed by atoms with Crippen LogP contribution in [0.5, 0.6) is 5.88 Å². The lowest BCUT2D eigenvalue weighted by Crippen LogP contribution is -2.26. The standard InChI is InChI=1S/C10H16N4O2/c1-7-6-11-9(13(2)3)12-8(7)16-10(15)14(4)5/h6H,1-5H3. The second kappa shape index (κ2) is 4.78. The van der Waals surface area contributed by atoms with E-state index in [9.17, 15) is 4.79 Å². The predicted molar refractivity (Wildman–Crippen MR) is 60.8 cm³/mol. The molecule has 0 aliphatic rings. The molecule has 0 saturated carbocycles. The molecule has 0 bridgehead atoms. The monoisotopic (exact) mass is 224 g/mol. The molecule has 0 aliphatic carbocycles. The first-order valence-corrected chi connectivity index (χ1v) is 4.82. The molecule has 0 N–H and O–H groups in total. The number of amides is 1. The molecule has 6 heteroatoms. The van der Waals surface area contributed by atoms with Crippen LogP contribution in [-0.4, -0.2) is 49.2 Å². The topological polar surface area (TPSA) is 58.6 Å². The van der Waals surface area contributed by atoms with Gasteiger partial charge in [0.1, 0.15) is 0 Å². The molecule has 1 amide bonds. The van der Waals surface area contributed by atoms with Crippen molar-refractivity contribution in [2.45, 2.75) is 6.92 Å². The fourth-order valence-electron chi connectivity index (χ4n) is 0.910. The second-order valence-electron chi connectivity index (χ2n) is 3.81. The Labute approximate surface area is 94.9 Å². The van der Waals surface area contributed by atoms with Gasteiger partial charge in [-0.15, -0.1) is 0 Å². The Morgan fingerprint density at radius 1 is 1.31 bits per heavy atom. The van der Waals surface area contributed by atoms with Crippen LogP contribution in [0.3, 0.4) is 0 Å². The van der Waals surface area contributed by atoms with Crippen molar-refractivity contribution in [1.82, 2.24) is 14.9 Å². The van der Waals surface area contributed by atoms with Crippen LogP contribution in [0.4, 0.5) is 10.7 Å². The number of carbonyl (C=O) groups is 1. The summed E-state index contributed by atoms with van der Waals surface area (Å²) in [4.78, 5) is 22.7. The predicted octanol–water partition coefficient (Wildman–Crippen LogP) is 0.911. The first-order chi connectivity index (χ1) is 7.41. The van der Waals surface area contributed by atoms with Gasteiger partial charge < -0.3 is 14.5 Å². The van der Waals surface area contributed by atoms with Gasteiger partial charge in [0.25, 0.3) is 0 Å². The van der Waals surface area contributed by atoms with Gasteiger partial charge in [-0.05, 0) is 6.92 Å². The van der Waals surface area contributed by atoms with Gasteiger partial charge in [0.2, 0.25) is 11.8 Å². The van der Waals surface area contributed by atoms with Crippen molar-refractivity contribution in [3.8, 4) is 5.88 Å². The highest BCUT2D eigenvalue weighted by atomic mass is 16.6. The third-order valence-electron chi connectivity index (χ3n) is 1.86. The number of aryl methyl sites for hydroxylation is 1. The number of aromatic nitrogens is 2. The maximum Gasteiger partial charge on any atom is 0.416 e. The molecule has 0 atom stereocenters. The molecular weight excluding hydrogens is 208 g/mol. The normalized spacial score (nSPS) is 9.81. The van der Waals surface area contributed by atoms with Crippen LogP contribution in [-0.2, 0) is 0 Å². The van der Waals surface area contributed by atoms with Gasteiger partial charge in [0.15, 0.2) is 0 Å². The van der Waals surface area contributed by atoms with E-state index in [0.29, 0.717) is 5.95 Å². The number of nitrogens with zero attached hydrogens (tertiary/aromatic N) is 4. The summed E-state index contributed by atoms with van der Waals surface area (Å²) in [5.41, 5.74) is 0.723. The highest BCUT2D eigenvalue weighted by molar-refractivity contribution is 5.69. The van der Waals surface area contributed by atoms with Gasteiger partial charge in [0, 0.05) is 40.0 Å². The Morgan fingerprint density at radius 2 is 1.94 bits per heavy atom. The van der Waals surface area contributed by atoms with Crippen LogP contribution < -0.4 is 9.64 Å². The number of hydrogen-bond acceptors (Lipinski definition) is 5. The Bertz CT molecular complexity index is 390. The molecule has 6 nitrogen and oxygen atoms in total. The Hall–Kier alpha value is -1.85. The fraction of sp³-hybridized carbons (Fsp3) is 0.500. The van der Waals surface area contributed by atoms with E-state index in [-0.39, 0.29) is 5.88 Å². The van der Waals surface area contributed by atoms with Gasteiger partial charge in [0.05, 0.1) is 0 Å². The Balaban J connectivity index is 2.94. The molecule has 1 aromatic rings. The van der Waals surface area contributed by atoms with Crippen molar-refractivity contribution >= 4 is 12.0 Å². The highest BCUT2D eigenvalue weighted by Crippen LogP contribution is 2.16. The third-order valence-corrected chi connectivity index (χ3v) is 1.86. The first kappa shape index (κ1) is 12.2. The summed E-state index contributed by atoms with van der Waals surface area (Å²) in [6, 6.07) is 0. The molecule has 1 rings (SSSR count). The van der Waals surface area contributed by atoms with Gasteiger partial charge in [-0.25, -0.2) is 9.78 Å². The van der Waals surface area contributed by atoms with Crippen molar-refractivity contribution in [2.24, 2.45) is 0 Å². The zero-order valence-corrected chi connectivity index (χ0v) is 10.2. The summed E-state index contributed by atoms with van der Waals surface area (Å²) in [7, 11) is 6.88. The lowest BCUT2D eigenvalue weighted by Gasteiger charge is -2.14. The number of ether oxygens (including phenoxy) is 1. The summed E-state index contributed by atoms with van der Waals surface area (Å²) in [6.45, 7) is 1.79. The maximum absolute atomic E-state index is 11.4. The van der Waals surface area contributed by atoms with E-state index in [0.717, 1.165) is 5.56 Å². The fourth-order valence-corrected chi connectivity index (χ4v) is 0.910. The van der Waals surface area contributed by atoms with Crippen molar-refractivity contribution in [2.75, 3.05) is 33.1 Å². The molecule has 0 radical (unpaired) electrons. The van der Waals surface area contributed by atoms with E-state index in [1.807, 2.05) is 14.1 Å². The molecule has 16 heavy (non-hydrogen) atoms. The van der Waals surface area contributed by atoms with E-state index >= 15 is 0 Å². The molecule has 0 fully saturated rings. The number of anilines is 1. The average Bonchev–Trinajstić information content (AvgIpc) is 2.20. The highest BCUT2D eigenvalue weighted by Gasteiger charge is 2.12. The van der Waals surface area contributed by atoms with Gasteiger partial charge >= 0.3 is 6.09 Å². The van der Waals surface area contributed by atoms with E-state index in [4.69, 9.17) is 4.74 Å². The number of rotatable bonds is 2. The minimum absolute atomic E-state index is 0.289. The molecule has 0 spiro atoms. The molecule has 88 valence electrons. The van der Waals surface area contributed by atoms with Crippen LogP contribution in [0.2, 0.25) is 0 Å². The van der Waals surface area contributed by atoms with Crippen LogP contribution in [0.1, 0.15) is 5.56 Å². The zero-order chi connectivity index (χ0) is 12.3. The largest absolute Gasteiger partial charge is 0.416 e. The van der Waals surface area contributed by atoms with Crippen molar-refractivity contribution in [1.29, 1.82) is 0 Å². The van der Waals surface area contributed by atoms with Crippen molar-refractivity contribution in [3.05, 3.63) is 11.8 Å². The summed E-state index contributed by atoms with van der Waals surface area (Å²) in [6.07, 6.45) is 1.17.